The topological polar surface area (TPSA) is 132 Å². The fraction of sp³-hybridized carbons (Fsp3) is 0.789. The van der Waals surface area contributed by atoms with E-state index >= 15 is 0 Å². The molecule has 0 aromatic heterocycles. The minimum absolute atomic E-state index is 0.0193. The summed E-state index contributed by atoms with van der Waals surface area (Å²) in [5.74, 6) is -1.74. The zero-order chi connectivity index (χ0) is 22.4. The third kappa shape index (κ3) is 14.2. The molecule has 0 aliphatic rings. The first-order valence-corrected chi connectivity index (χ1v) is 9.81. The number of carbonyl (C=O) groups excluding carboxylic acids is 4. The number of hydrogen-bond donors (Lipinski definition) is 3. The van der Waals surface area contributed by atoms with Gasteiger partial charge in [0.1, 0.15) is 5.60 Å². The molecule has 10 heteroatoms. The van der Waals surface area contributed by atoms with Gasteiger partial charge in [-0.1, -0.05) is 33.6 Å². The van der Waals surface area contributed by atoms with E-state index in [9.17, 15) is 19.2 Å². The van der Waals surface area contributed by atoms with Crippen LogP contribution in [0.3, 0.4) is 0 Å². The molecule has 1 unspecified atom stereocenters. The quantitative estimate of drug-likeness (QED) is 0.215. The Kier molecular flexibility index (Phi) is 12.4. The highest BCUT2D eigenvalue weighted by Crippen LogP contribution is 2.13. The predicted octanol–water partition coefficient (Wildman–Crippen LogP) is 2.62. The lowest BCUT2D eigenvalue weighted by Gasteiger charge is -2.22. The summed E-state index contributed by atoms with van der Waals surface area (Å²) in [4.78, 5) is 46.9. The Balaban J connectivity index is 4.21. The van der Waals surface area contributed by atoms with E-state index in [2.05, 4.69) is 16.2 Å². The Morgan fingerprint density at radius 3 is 2.14 bits per heavy atom. The molecule has 0 saturated heterocycles. The molecule has 3 N–H and O–H groups in total. The van der Waals surface area contributed by atoms with Crippen LogP contribution in [0.1, 0.15) is 67.2 Å². The van der Waals surface area contributed by atoms with Gasteiger partial charge in [-0.3, -0.25) is 15.0 Å². The Hall–Kier alpha value is -2.52. The van der Waals surface area contributed by atoms with Crippen LogP contribution >= 0.6 is 0 Å². The highest BCUT2D eigenvalue weighted by atomic mass is 16.7. The SMILES string of the molecule is CCCCCC(=O)NNC(=O)OCOC(=O)C(CNC(=O)OC(C)(C)C)C(C)C. The molecule has 0 spiro atoms. The number of unbranched alkanes of at least 4 members (excludes halogenated alkanes) is 2. The van der Waals surface area contributed by atoms with Crippen LogP contribution in [0.15, 0.2) is 0 Å². The van der Waals surface area contributed by atoms with E-state index in [1.807, 2.05) is 6.92 Å². The Morgan fingerprint density at radius 1 is 0.931 bits per heavy atom. The zero-order valence-electron chi connectivity index (χ0n) is 18.3. The third-order valence-corrected chi connectivity index (χ3v) is 3.68. The van der Waals surface area contributed by atoms with E-state index in [1.54, 1.807) is 34.6 Å². The molecule has 0 fully saturated rings. The molecule has 0 rings (SSSR count). The number of nitrogens with one attached hydrogen (secondary N) is 3. The van der Waals surface area contributed by atoms with Crippen LogP contribution in [0.25, 0.3) is 0 Å². The molecule has 0 heterocycles. The fourth-order valence-electron chi connectivity index (χ4n) is 2.10. The normalized spacial score (nSPS) is 12.0. The molecule has 168 valence electrons. The fourth-order valence-corrected chi connectivity index (χ4v) is 2.10. The number of hydrazine groups is 1. The van der Waals surface area contributed by atoms with Gasteiger partial charge in [0.25, 0.3) is 0 Å². The first-order chi connectivity index (χ1) is 13.5. The van der Waals surface area contributed by atoms with E-state index < -0.39 is 36.5 Å². The average molecular weight is 418 g/mol. The molecule has 0 radical (unpaired) electrons. The van der Waals surface area contributed by atoms with Gasteiger partial charge >= 0.3 is 18.2 Å². The number of esters is 1. The van der Waals surface area contributed by atoms with E-state index in [0.29, 0.717) is 6.42 Å². The van der Waals surface area contributed by atoms with Crippen LogP contribution in [0.4, 0.5) is 9.59 Å². The molecule has 0 bridgehead atoms. The molecule has 29 heavy (non-hydrogen) atoms. The van der Waals surface area contributed by atoms with E-state index in [1.165, 1.54) is 0 Å². The lowest BCUT2D eigenvalue weighted by Crippen LogP contribution is -2.42. The van der Waals surface area contributed by atoms with Crippen molar-refractivity contribution >= 4 is 24.1 Å². The maximum absolute atomic E-state index is 12.2. The zero-order valence-corrected chi connectivity index (χ0v) is 18.3. The molecule has 10 nitrogen and oxygen atoms in total. The van der Waals surface area contributed by atoms with Crippen molar-refractivity contribution in [2.45, 2.75) is 72.8 Å². The summed E-state index contributed by atoms with van der Waals surface area (Å²) in [7, 11) is 0. The van der Waals surface area contributed by atoms with Gasteiger partial charge in [0.2, 0.25) is 12.7 Å². The van der Waals surface area contributed by atoms with Crippen molar-refractivity contribution in [2.75, 3.05) is 13.3 Å². The van der Waals surface area contributed by atoms with Crippen molar-refractivity contribution in [3.8, 4) is 0 Å². The Bertz CT molecular complexity index is 544. The molecule has 0 aromatic carbocycles. The summed E-state index contributed by atoms with van der Waals surface area (Å²) in [5, 5.41) is 2.52. The van der Waals surface area contributed by atoms with Gasteiger partial charge < -0.3 is 19.5 Å². The van der Waals surface area contributed by atoms with Gasteiger partial charge in [0.05, 0.1) is 5.92 Å². The van der Waals surface area contributed by atoms with Gasteiger partial charge in [-0.2, -0.15) is 0 Å². The van der Waals surface area contributed by atoms with E-state index in [0.717, 1.165) is 19.3 Å². The average Bonchev–Trinajstić information content (AvgIpc) is 2.58. The number of alkyl carbamates (subject to hydrolysis) is 1. The van der Waals surface area contributed by atoms with E-state index in [4.69, 9.17) is 14.2 Å². The minimum atomic E-state index is -0.949. The van der Waals surface area contributed by atoms with Gasteiger partial charge in [-0.15, -0.1) is 0 Å². The number of carbonyl (C=O) groups is 4. The minimum Gasteiger partial charge on any atom is -0.444 e. The second-order valence-corrected chi connectivity index (χ2v) is 7.88. The van der Waals surface area contributed by atoms with Gasteiger partial charge in [-0.05, 0) is 33.1 Å². The summed E-state index contributed by atoms with van der Waals surface area (Å²) in [6.07, 6.45) is 1.34. The van der Waals surface area contributed by atoms with Gasteiger partial charge in [0, 0.05) is 13.0 Å². The number of amides is 3. The Morgan fingerprint density at radius 2 is 1.59 bits per heavy atom. The molecule has 1 atom stereocenters. The number of hydrogen-bond acceptors (Lipinski definition) is 7. The lowest BCUT2D eigenvalue weighted by atomic mass is 9.96. The first kappa shape index (κ1) is 26.5. The van der Waals surface area contributed by atoms with Gasteiger partial charge in [0.15, 0.2) is 0 Å². The highest BCUT2D eigenvalue weighted by Gasteiger charge is 2.26. The second-order valence-electron chi connectivity index (χ2n) is 7.88. The molecular weight excluding hydrogens is 382 g/mol. The monoisotopic (exact) mass is 417 g/mol. The van der Waals surface area contributed by atoms with Crippen LogP contribution in [0.2, 0.25) is 0 Å². The van der Waals surface area contributed by atoms with Crippen molar-refractivity contribution < 1.29 is 33.4 Å². The summed E-state index contributed by atoms with van der Waals surface area (Å²) in [6, 6.07) is 0. The predicted molar refractivity (Wildman–Crippen MR) is 105 cm³/mol. The second kappa shape index (κ2) is 13.6. The molecule has 0 aromatic rings. The standard InChI is InChI=1S/C19H35N3O7/c1-7-8-9-10-15(23)21-22-18(26)28-12-27-16(24)14(13(2)3)11-20-17(25)29-19(4,5)6/h13-14H,7-12H2,1-6H3,(H,20,25)(H,21,23)(H,22,26). The first-order valence-electron chi connectivity index (χ1n) is 9.81. The number of rotatable bonds is 10. The van der Waals surface area contributed by atoms with Crippen LogP contribution in [0.5, 0.6) is 0 Å². The maximum Gasteiger partial charge on any atom is 0.428 e. The molecule has 3 amide bonds. The molecule has 0 aliphatic carbocycles. The molecule has 0 saturated carbocycles. The maximum atomic E-state index is 12.2. The summed E-state index contributed by atoms with van der Waals surface area (Å²) in [6.45, 7) is 10.2. The molecule has 0 aliphatic heterocycles. The molecular formula is C19H35N3O7. The third-order valence-electron chi connectivity index (χ3n) is 3.68. The highest BCUT2D eigenvalue weighted by molar-refractivity contribution is 5.79. The van der Waals surface area contributed by atoms with Crippen molar-refractivity contribution in [1.29, 1.82) is 0 Å². The smallest absolute Gasteiger partial charge is 0.428 e. The van der Waals surface area contributed by atoms with E-state index in [-0.39, 0.29) is 18.4 Å². The Labute approximate surface area is 172 Å². The van der Waals surface area contributed by atoms with Crippen LogP contribution in [-0.4, -0.2) is 43.0 Å². The van der Waals surface area contributed by atoms with Crippen molar-refractivity contribution in [2.24, 2.45) is 11.8 Å². The number of ether oxygens (including phenoxy) is 3. The summed E-state index contributed by atoms with van der Waals surface area (Å²) >= 11 is 0. The van der Waals surface area contributed by atoms with Crippen molar-refractivity contribution in [3.63, 3.8) is 0 Å². The lowest BCUT2D eigenvalue weighted by molar-refractivity contribution is -0.158. The summed E-state index contributed by atoms with van der Waals surface area (Å²) < 4.78 is 14.7. The van der Waals surface area contributed by atoms with Crippen LogP contribution in [-0.2, 0) is 23.8 Å². The van der Waals surface area contributed by atoms with Crippen LogP contribution < -0.4 is 16.2 Å². The van der Waals surface area contributed by atoms with Crippen molar-refractivity contribution in [3.05, 3.63) is 0 Å². The van der Waals surface area contributed by atoms with Crippen LogP contribution in [0, 0.1) is 11.8 Å². The van der Waals surface area contributed by atoms with Gasteiger partial charge in [-0.25, -0.2) is 15.0 Å². The summed E-state index contributed by atoms with van der Waals surface area (Å²) in [5.41, 5.74) is 3.63. The van der Waals surface area contributed by atoms with Crippen molar-refractivity contribution in [1.82, 2.24) is 16.2 Å². The largest absolute Gasteiger partial charge is 0.444 e.